The fourth-order valence-electron chi connectivity index (χ4n) is 4.87. The molecule has 0 aliphatic carbocycles. The number of ketones is 1. The first kappa shape index (κ1) is 31.0. The molecular weight excluding hydrogens is 545 g/mol. The molecule has 1 aromatic carbocycles. The van der Waals surface area contributed by atoms with Crippen LogP contribution in [0.5, 0.6) is 0 Å². The Morgan fingerprint density at radius 2 is 2.15 bits per heavy atom. The van der Waals surface area contributed by atoms with Crippen molar-refractivity contribution < 1.29 is 23.4 Å². The lowest BCUT2D eigenvalue weighted by Gasteiger charge is -2.31. The molecule has 0 saturated carbocycles. The average Bonchev–Trinajstić information content (AvgIpc) is 3.23. The molecule has 3 heterocycles. The first-order valence-electron chi connectivity index (χ1n) is 14.2. The molecule has 0 radical (unpaired) electrons. The Balaban J connectivity index is 1.52. The second-order valence-electron chi connectivity index (χ2n) is 10.4. The highest BCUT2D eigenvalue weighted by Gasteiger charge is 2.34. The van der Waals surface area contributed by atoms with E-state index in [4.69, 9.17) is 25.8 Å². The van der Waals surface area contributed by atoms with Crippen LogP contribution in [0, 0.1) is 0 Å². The van der Waals surface area contributed by atoms with Crippen LogP contribution in [-0.2, 0) is 37.5 Å². The van der Waals surface area contributed by atoms with Gasteiger partial charge in [0.2, 0.25) is 5.28 Å². The van der Waals surface area contributed by atoms with Crippen molar-refractivity contribution in [2.24, 2.45) is 0 Å². The van der Waals surface area contributed by atoms with Crippen molar-refractivity contribution in [1.29, 1.82) is 0 Å². The average molecular weight is 584 g/mol. The maximum absolute atomic E-state index is 16.2. The van der Waals surface area contributed by atoms with Gasteiger partial charge in [-0.1, -0.05) is 49.4 Å². The Morgan fingerprint density at radius 3 is 2.88 bits per heavy atom. The van der Waals surface area contributed by atoms with E-state index in [0.29, 0.717) is 57.1 Å². The van der Waals surface area contributed by atoms with Crippen molar-refractivity contribution in [3.63, 3.8) is 0 Å². The van der Waals surface area contributed by atoms with Gasteiger partial charge < -0.3 is 19.5 Å². The number of carbonyl (C=O) groups excluding carboxylic acids is 1. The number of carbonyl (C=O) groups is 1. The van der Waals surface area contributed by atoms with Crippen LogP contribution in [0.4, 0.5) is 10.2 Å². The Labute approximate surface area is 246 Å². The summed E-state index contributed by atoms with van der Waals surface area (Å²) < 4.78 is 32.5. The lowest BCUT2D eigenvalue weighted by molar-refractivity contribution is -0.150. The summed E-state index contributed by atoms with van der Waals surface area (Å²) in [7, 11) is 0. The van der Waals surface area contributed by atoms with Gasteiger partial charge in [0.05, 0.1) is 38.7 Å². The third-order valence-corrected chi connectivity index (χ3v) is 7.53. The highest BCUT2D eigenvalue weighted by atomic mass is 35.5. The van der Waals surface area contributed by atoms with Gasteiger partial charge in [-0.15, -0.1) is 6.58 Å². The molecule has 41 heavy (non-hydrogen) atoms. The van der Waals surface area contributed by atoms with Gasteiger partial charge in [-0.25, -0.2) is 14.4 Å². The lowest BCUT2D eigenvalue weighted by Crippen LogP contribution is -2.39. The maximum Gasteiger partial charge on any atom is 0.224 e. The van der Waals surface area contributed by atoms with Crippen LogP contribution >= 0.6 is 11.6 Å². The molecule has 1 fully saturated rings. The number of nitrogens with zero attached hydrogens (tertiary/aromatic N) is 2. The number of nitrogens with one attached hydrogen (secondary N) is 1. The summed E-state index contributed by atoms with van der Waals surface area (Å²) in [5.74, 6) is 0.580. The Morgan fingerprint density at radius 1 is 1.32 bits per heavy atom. The van der Waals surface area contributed by atoms with Crippen LogP contribution in [0.15, 0.2) is 60.7 Å². The fraction of sp³-hybridized carbons (Fsp3) is 0.469. The molecule has 9 heteroatoms. The molecule has 2 atom stereocenters. The third-order valence-electron chi connectivity index (χ3n) is 7.36. The molecule has 7 nitrogen and oxygen atoms in total. The zero-order valence-electron chi connectivity index (χ0n) is 23.8. The summed E-state index contributed by atoms with van der Waals surface area (Å²) >= 11 is 6.29. The molecule has 0 spiro atoms. The van der Waals surface area contributed by atoms with Crippen molar-refractivity contribution >= 4 is 23.2 Å². The molecule has 1 saturated heterocycles. The van der Waals surface area contributed by atoms with Gasteiger partial charge in [0.25, 0.3) is 0 Å². The summed E-state index contributed by atoms with van der Waals surface area (Å²) in [6, 6.07) is 7.20. The van der Waals surface area contributed by atoms with E-state index in [0.717, 1.165) is 28.8 Å². The molecule has 1 N–H and O–H groups in total. The van der Waals surface area contributed by atoms with Crippen LogP contribution in [0.3, 0.4) is 0 Å². The number of hydrogen-bond acceptors (Lipinski definition) is 7. The van der Waals surface area contributed by atoms with Gasteiger partial charge >= 0.3 is 0 Å². The zero-order valence-corrected chi connectivity index (χ0v) is 24.6. The normalized spacial score (nSPS) is 18.2. The summed E-state index contributed by atoms with van der Waals surface area (Å²) in [6.45, 7) is 9.85. The minimum atomic E-state index is -1.71. The first-order valence-corrected chi connectivity index (χ1v) is 14.6. The number of alkyl halides is 1. The van der Waals surface area contributed by atoms with Crippen molar-refractivity contribution in [1.82, 2.24) is 9.97 Å². The zero-order chi connectivity index (χ0) is 29.2. The molecule has 1 unspecified atom stereocenters. The second kappa shape index (κ2) is 14.8. The number of aryl methyl sites for hydroxylation is 1. The van der Waals surface area contributed by atoms with Crippen molar-refractivity contribution in [3.05, 3.63) is 88.4 Å². The first-order chi connectivity index (χ1) is 19.8. The van der Waals surface area contributed by atoms with E-state index >= 15 is 4.39 Å². The molecule has 1 aromatic heterocycles. The Bertz CT molecular complexity index is 1280. The van der Waals surface area contributed by atoms with Crippen LogP contribution in [0.2, 0.25) is 5.28 Å². The molecule has 220 valence electrons. The predicted octanol–water partition coefficient (Wildman–Crippen LogP) is 6.43. The van der Waals surface area contributed by atoms with E-state index in [2.05, 4.69) is 21.9 Å². The number of ether oxygens (including phenoxy) is 3. The lowest BCUT2D eigenvalue weighted by atomic mass is 9.90. The SMILES string of the molecule is C=CCC(F)(COC1COC1)c1cccc([C@@H](C)Nc2nc(Cl)nc(CC)c2C/C=C/C(=O)C2=CCCOCC2)c1. The summed E-state index contributed by atoms with van der Waals surface area (Å²) in [6.07, 6.45) is 9.52. The smallest absolute Gasteiger partial charge is 0.224 e. The monoisotopic (exact) mass is 583 g/mol. The van der Waals surface area contributed by atoms with Gasteiger partial charge in [0.1, 0.15) is 11.9 Å². The molecule has 0 amide bonds. The van der Waals surface area contributed by atoms with E-state index in [1.165, 1.54) is 0 Å². The quantitative estimate of drug-likeness (QED) is 0.156. The van der Waals surface area contributed by atoms with Crippen LogP contribution in [0.25, 0.3) is 0 Å². The Kier molecular flexibility index (Phi) is 11.2. The van der Waals surface area contributed by atoms with Gasteiger partial charge in [0.15, 0.2) is 11.5 Å². The highest BCUT2D eigenvalue weighted by Crippen LogP contribution is 2.34. The standard InChI is InChI=1S/C32H39ClFN3O4/c1-4-15-32(34,21-41-26-19-40-20-26)25-11-6-9-24(18-25)22(3)35-30-27(28(5-2)36-31(33)37-30)12-7-13-29(38)23-10-8-16-39-17-14-23/h4,6-7,9-11,13,18,22,26H,1,5,8,12,14-17,19-21H2,2-3H3,(H,35,36,37)/b13-7+/t22-,32?/m1/s1. The minimum absolute atomic E-state index is 0.00818. The van der Waals surface area contributed by atoms with E-state index in [9.17, 15) is 4.79 Å². The number of anilines is 1. The molecular formula is C32H39ClFN3O4. The molecule has 0 bridgehead atoms. The van der Waals surface area contributed by atoms with Crippen molar-refractivity contribution in [2.75, 3.05) is 38.4 Å². The maximum atomic E-state index is 16.2. The van der Waals surface area contributed by atoms with E-state index in [1.54, 1.807) is 18.2 Å². The van der Waals surface area contributed by atoms with Gasteiger partial charge in [-0.2, -0.15) is 0 Å². The topological polar surface area (TPSA) is 82.6 Å². The number of benzene rings is 1. The molecule has 2 aliphatic rings. The highest BCUT2D eigenvalue weighted by molar-refractivity contribution is 6.28. The molecule has 2 aliphatic heterocycles. The third kappa shape index (κ3) is 8.32. The molecule has 2 aromatic rings. The predicted molar refractivity (Wildman–Crippen MR) is 159 cm³/mol. The van der Waals surface area contributed by atoms with Gasteiger partial charge in [-0.3, -0.25) is 4.79 Å². The van der Waals surface area contributed by atoms with E-state index in [-0.39, 0.29) is 36.2 Å². The number of allylic oxidation sites excluding steroid dienone is 3. The fourth-order valence-corrected chi connectivity index (χ4v) is 5.05. The van der Waals surface area contributed by atoms with Gasteiger partial charge in [0, 0.05) is 18.0 Å². The van der Waals surface area contributed by atoms with Crippen molar-refractivity contribution in [2.45, 2.75) is 63.8 Å². The summed E-state index contributed by atoms with van der Waals surface area (Å²) in [4.78, 5) is 21.7. The van der Waals surface area contributed by atoms with E-state index < -0.39 is 5.67 Å². The number of aromatic nitrogens is 2. The van der Waals surface area contributed by atoms with Crippen LogP contribution < -0.4 is 5.32 Å². The van der Waals surface area contributed by atoms with Crippen molar-refractivity contribution in [3.8, 4) is 0 Å². The largest absolute Gasteiger partial charge is 0.381 e. The van der Waals surface area contributed by atoms with Crippen LogP contribution in [-0.4, -0.2) is 54.9 Å². The van der Waals surface area contributed by atoms with Crippen LogP contribution in [0.1, 0.15) is 61.5 Å². The van der Waals surface area contributed by atoms with E-state index in [1.807, 2.05) is 44.2 Å². The van der Waals surface area contributed by atoms with Gasteiger partial charge in [-0.05, 0) is 67.0 Å². The Hall–Kier alpha value is -2.91. The second-order valence-corrected chi connectivity index (χ2v) is 10.7. The summed E-state index contributed by atoms with van der Waals surface area (Å²) in [5.41, 5.74) is 2.15. The molecule has 4 rings (SSSR count). The summed E-state index contributed by atoms with van der Waals surface area (Å²) in [5, 5.41) is 3.60. The number of hydrogen-bond donors (Lipinski definition) is 1. The number of halogens is 2. The number of rotatable bonds is 14. The minimum Gasteiger partial charge on any atom is -0.381 e.